The molecule has 4 N–H and O–H groups in total. The van der Waals surface area contributed by atoms with Crippen molar-refractivity contribution in [3.63, 3.8) is 0 Å². The first-order valence-electron chi connectivity index (χ1n) is 10.3. The van der Waals surface area contributed by atoms with E-state index in [0.29, 0.717) is 0 Å². The number of carbonyl (C=O) groups is 1. The molecule has 4 nitrogen and oxygen atoms in total. The van der Waals surface area contributed by atoms with Crippen molar-refractivity contribution in [1.82, 2.24) is 4.72 Å². The average Bonchev–Trinajstić information content (AvgIpc) is 3.32. The first-order chi connectivity index (χ1) is 13.5. The highest BCUT2D eigenvalue weighted by atomic mass is 32.2. The van der Waals surface area contributed by atoms with Crippen molar-refractivity contribution in [2.24, 2.45) is 5.92 Å². The number of carbonyl (C=O) groups excluding carboxylic acids is 1. The van der Waals surface area contributed by atoms with E-state index in [1.807, 2.05) is 24.3 Å². The van der Waals surface area contributed by atoms with Gasteiger partial charge in [0.25, 0.3) is 0 Å². The molecule has 4 rings (SSSR count). The van der Waals surface area contributed by atoms with Crippen LogP contribution in [-0.4, -0.2) is 11.9 Å². The molecule has 1 amide bonds. The van der Waals surface area contributed by atoms with Gasteiger partial charge < -0.3 is 11.1 Å². The fourth-order valence-corrected chi connectivity index (χ4v) is 5.24. The van der Waals surface area contributed by atoms with Crippen LogP contribution in [-0.2, 0) is 30.5 Å². The van der Waals surface area contributed by atoms with Crippen LogP contribution in [0.15, 0.2) is 35.2 Å². The van der Waals surface area contributed by atoms with Crippen molar-refractivity contribution >= 4 is 29.2 Å². The largest absolute Gasteiger partial charge is 0.399 e. The molecule has 5 heteroatoms. The zero-order valence-electron chi connectivity index (χ0n) is 16.7. The topological polar surface area (TPSA) is 67.1 Å². The van der Waals surface area contributed by atoms with Crippen LogP contribution in [0.5, 0.6) is 0 Å². The Labute approximate surface area is 171 Å². The number of nitrogens with two attached hydrogens (primary N) is 1. The summed E-state index contributed by atoms with van der Waals surface area (Å²) >= 11 is 1.49. The van der Waals surface area contributed by atoms with E-state index in [0.717, 1.165) is 42.0 Å². The molecule has 2 aromatic carbocycles. The van der Waals surface area contributed by atoms with Gasteiger partial charge in [-0.2, -0.15) is 0 Å². The van der Waals surface area contributed by atoms with Gasteiger partial charge in [-0.15, -0.1) is 0 Å². The summed E-state index contributed by atoms with van der Waals surface area (Å²) in [4.78, 5) is 14.3. The summed E-state index contributed by atoms with van der Waals surface area (Å²) in [6.45, 7) is 4.17. The summed E-state index contributed by atoms with van der Waals surface area (Å²) in [6, 6.07) is 9.83. The molecule has 1 atom stereocenters. The minimum atomic E-state index is -0.267. The van der Waals surface area contributed by atoms with Gasteiger partial charge in [0.15, 0.2) is 0 Å². The molecular formula is C23H29N3OS. The number of anilines is 2. The molecule has 0 saturated heterocycles. The minimum absolute atomic E-state index is 0.0624. The van der Waals surface area contributed by atoms with Crippen LogP contribution in [0.25, 0.3) is 0 Å². The van der Waals surface area contributed by atoms with E-state index >= 15 is 0 Å². The molecule has 2 aliphatic rings. The van der Waals surface area contributed by atoms with Crippen LogP contribution >= 0.6 is 11.9 Å². The third-order valence-corrected chi connectivity index (χ3v) is 6.73. The number of aryl methyl sites for hydroxylation is 2. The summed E-state index contributed by atoms with van der Waals surface area (Å²) in [6.07, 6.45) is 6.84. The van der Waals surface area contributed by atoms with Crippen molar-refractivity contribution in [3.05, 3.63) is 52.6 Å². The minimum Gasteiger partial charge on any atom is -0.399 e. The Balaban J connectivity index is 1.52. The first kappa shape index (κ1) is 19.3. The number of hydrogen-bond acceptors (Lipinski definition) is 4. The average molecular weight is 396 g/mol. The van der Waals surface area contributed by atoms with Gasteiger partial charge in [0.05, 0.1) is 6.04 Å². The highest BCUT2D eigenvalue weighted by Crippen LogP contribution is 2.38. The van der Waals surface area contributed by atoms with Crippen LogP contribution < -0.4 is 15.8 Å². The maximum Gasteiger partial charge on any atom is 0.242 e. The number of fused-ring (bicyclic) bond motifs is 2. The zero-order chi connectivity index (χ0) is 19.7. The molecule has 2 aliphatic carbocycles. The molecule has 148 valence electrons. The summed E-state index contributed by atoms with van der Waals surface area (Å²) in [7, 11) is 0. The van der Waals surface area contributed by atoms with Crippen molar-refractivity contribution in [2.45, 2.75) is 63.3 Å². The highest BCUT2D eigenvalue weighted by molar-refractivity contribution is 7.97. The summed E-state index contributed by atoms with van der Waals surface area (Å²) in [5.74, 6) is 0.249. The second-order valence-corrected chi connectivity index (χ2v) is 9.15. The lowest BCUT2D eigenvalue weighted by atomic mass is 9.97. The molecule has 0 radical (unpaired) electrons. The monoisotopic (exact) mass is 395 g/mol. The molecule has 1 unspecified atom stereocenters. The molecule has 0 fully saturated rings. The van der Waals surface area contributed by atoms with Crippen molar-refractivity contribution < 1.29 is 4.79 Å². The Morgan fingerprint density at radius 3 is 2.18 bits per heavy atom. The van der Waals surface area contributed by atoms with Gasteiger partial charge in [-0.3, -0.25) is 4.79 Å². The van der Waals surface area contributed by atoms with Crippen LogP contribution in [0.3, 0.4) is 0 Å². The van der Waals surface area contributed by atoms with Crippen LogP contribution in [0.2, 0.25) is 0 Å². The lowest BCUT2D eigenvalue weighted by Gasteiger charge is -2.23. The SMILES string of the molecule is CC(C)C(NSc1ccc(N)cc1)C(=O)Nc1c2c(cc3c1CCC3)CCC2. The number of nitrogens with one attached hydrogen (secondary N) is 2. The van der Waals surface area contributed by atoms with Gasteiger partial charge in [-0.25, -0.2) is 4.72 Å². The molecule has 2 aromatic rings. The maximum absolute atomic E-state index is 13.2. The fraction of sp³-hybridized carbons (Fsp3) is 0.435. The van der Waals surface area contributed by atoms with Crippen molar-refractivity contribution in [2.75, 3.05) is 11.1 Å². The van der Waals surface area contributed by atoms with Crippen LogP contribution in [0, 0.1) is 5.92 Å². The van der Waals surface area contributed by atoms with Crippen LogP contribution in [0.4, 0.5) is 11.4 Å². The van der Waals surface area contributed by atoms with E-state index in [-0.39, 0.29) is 17.9 Å². The molecule has 0 aliphatic heterocycles. The molecule has 0 bridgehead atoms. The second kappa shape index (κ2) is 8.18. The van der Waals surface area contributed by atoms with Gasteiger partial charge >= 0.3 is 0 Å². The predicted molar refractivity (Wildman–Crippen MR) is 118 cm³/mol. The van der Waals surface area contributed by atoms with Gasteiger partial charge in [0.1, 0.15) is 0 Å². The van der Waals surface area contributed by atoms with Gasteiger partial charge in [-0.05, 0) is 103 Å². The summed E-state index contributed by atoms with van der Waals surface area (Å²) in [5, 5.41) is 3.33. The number of hydrogen-bond donors (Lipinski definition) is 3. The van der Waals surface area contributed by atoms with Gasteiger partial charge in [0, 0.05) is 16.3 Å². The van der Waals surface area contributed by atoms with E-state index in [4.69, 9.17) is 5.73 Å². The van der Waals surface area contributed by atoms with Gasteiger partial charge in [0.2, 0.25) is 5.91 Å². The van der Waals surface area contributed by atoms with E-state index in [1.54, 1.807) is 0 Å². The van der Waals surface area contributed by atoms with E-state index in [2.05, 4.69) is 30.0 Å². The smallest absolute Gasteiger partial charge is 0.242 e. The Morgan fingerprint density at radius 2 is 1.61 bits per heavy atom. The molecular weight excluding hydrogens is 366 g/mol. The summed E-state index contributed by atoms with van der Waals surface area (Å²) in [5.41, 5.74) is 13.3. The standard InChI is InChI=1S/C23H29N3OS/c1-14(2)21(26-28-18-11-9-17(24)10-12-18)23(27)25-22-19-7-3-5-15(19)13-16-6-4-8-20(16)22/h9-14,21,26H,3-8,24H2,1-2H3,(H,25,27). The molecule has 0 saturated carbocycles. The molecule has 28 heavy (non-hydrogen) atoms. The Hall–Kier alpha value is -1.98. The van der Waals surface area contributed by atoms with Crippen molar-refractivity contribution in [1.29, 1.82) is 0 Å². The van der Waals surface area contributed by atoms with Crippen LogP contribution in [0.1, 0.15) is 48.9 Å². The lowest BCUT2D eigenvalue weighted by Crippen LogP contribution is -2.41. The first-order valence-corrected chi connectivity index (χ1v) is 11.1. The Morgan fingerprint density at radius 1 is 1.00 bits per heavy atom. The number of rotatable bonds is 6. The number of nitrogen functional groups attached to an aromatic ring is 1. The summed E-state index contributed by atoms with van der Waals surface area (Å²) < 4.78 is 3.37. The molecule has 0 aromatic heterocycles. The quantitative estimate of drug-likeness (QED) is 0.497. The molecule has 0 spiro atoms. The molecule has 0 heterocycles. The van der Waals surface area contributed by atoms with E-state index < -0.39 is 0 Å². The highest BCUT2D eigenvalue weighted by Gasteiger charge is 2.28. The Kier molecular flexibility index (Phi) is 5.65. The second-order valence-electron chi connectivity index (χ2n) is 8.23. The Bertz CT molecular complexity index is 844. The third-order valence-electron chi connectivity index (χ3n) is 5.85. The van der Waals surface area contributed by atoms with E-state index in [9.17, 15) is 4.79 Å². The predicted octanol–water partition coefficient (Wildman–Crippen LogP) is 4.51. The van der Waals surface area contributed by atoms with Gasteiger partial charge in [-0.1, -0.05) is 19.9 Å². The fourth-order valence-electron chi connectivity index (χ4n) is 4.33. The normalized spacial score (nSPS) is 16.1. The van der Waals surface area contributed by atoms with E-state index in [1.165, 1.54) is 47.0 Å². The third kappa shape index (κ3) is 3.91. The number of benzene rings is 2. The van der Waals surface area contributed by atoms with Crippen molar-refractivity contribution in [3.8, 4) is 0 Å². The zero-order valence-corrected chi connectivity index (χ0v) is 17.5. The lowest BCUT2D eigenvalue weighted by molar-refractivity contribution is -0.118. The number of amides is 1. The maximum atomic E-state index is 13.2.